The maximum absolute atomic E-state index is 13.2. The smallest absolute Gasteiger partial charge is 0.125 e. The maximum Gasteiger partial charge on any atom is 0.125 e. The van der Waals surface area contributed by atoms with Crippen molar-refractivity contribution in [3.8, 4) is 0 Å². The molecule has 0 aliphatic carbocycles. The summed E-state index contributed by atoms with van der Waals surface area (Å²) >= 11 is 0. The molecule has 2 N–H and O–H groups in total. The van der Waals surface area contributed by atoms with E-state index in [9.17, 15) is 4.39 Å². The monoisotopic (exact) mass is 231 g/mol. The first-order chi connectivity index (χ1) is 8.15. The van der Waals surface area contributed by atoms with E-state index in [2.05, 4.69) is 16.9 Å². The molecule has 0 amide bonds. The Morgan fingerprint density at radius 3 is 3.06 bits per heavy atom. The Kier molecular flexibility index (Phi) is 2.26. The summed E-state index contributed by atoms with van der Waals surface area (Å²) in [6.45, 7) is 1.79. The van der Waals surface area contributed by atoms with E-state index in [4.69, 9.17) is 5.73 Å². The van der Waals surface area contributed by atoms with E-state index in [0.29, 0.717) is 5.52 Å². The van der Waals surface area contributed by atoms with Crippen LogP contribution in [0.2, 0.25) is 0 Å². The van der Waals surface area contributed by atoms with Crippen LogP contribution in [0.1, 0.15) is 11.3 Å². The van der Waals surface area contributed by atoms with Crippen molar-refractivity contribution < 1.29 is 4.39 Å². The molecular weight excluding hydrogens is 217 g/mol. The van der Waals surface area contributed by atoms with Gasteiger partial charge in [-0.3, -0.25) is 4.98 Å². The lowest BCUT2D eigenvalue weighted by Crippen LogP contribution is -2.28. The van der Waals surface area contributed by atoms with Crippen LogP contribution in [0.5, 0.6) is 0 Å². The zero-order chi connectivity index (χ0) is 12.0. The summed E-state index contributed by atoms with van der Waals surface area (Å²) < 4.78 is 13.2. The second-order valence-electron chi connectivity index (χ2n) is 4.60. The number of nitrogen functional groups attached to an aromatic ring is 1. The number of anilines is 1. The standard InChI is InChI=1S/C13H14FN3/c1-17-5-4-11-10(7-17)13(15)9-3-2-8(14)6-12(9)16-11/h2-3,6H,4-5,7H2,1H3,(H2,15,16). The topological polar surface area (TPSA) is 42.2 Å². The molecule has 1 aromatic carbocycles. The Morgan fingerprint density at radius 2 is 2.24 bits per heavy atom. The first kappa shape index (κ1) is 10.5. The lowest BCUT2D eigenvalue weighted by molar-refractivity contribution is 0.311. The number of benzene rings is 1. The highest BCUT2D eigenvalue weighted by Crippen LogP contribution is 2.29. The van der Waals surface area contributed by atoms with E-state index in [1.807, 2.05) is 0 Å². The van der Waals surface area contributed by atoms with Crippen LogP contribution in [0.15, 0.2) is 18.2 Å². The molecule has 1 aromatic heterocycles. The van der Waals surface area contributed by atoms with E-state index in [-0.39, 0.29) is 5.82 Å². The molecule has 2 aromatic rings. The Labute approximate surface area is 99.1 Å². The zero-order valence-electron chi connectivity index (χ0n) is 9.70. The third kappa shape index (κ3) is 1.65. The summed E-state index contributed by atoms with van der Waals surface area (Å²) in [5.74, 6) is -0.266. The van der Waals surface area contributed by atoms with Gasteiger partial charge in [-0.15, -0.1) is 0 Å². The average molecular weight is 231 g/mol. The molecular formula is C13H14FN3. The van der Waals surface area contributed by atoms with Gasteiger partial charge in [-0.05, 0) is 19.2 Å². The van der Waals surface area contributed by atoms with Gasteiger partial charge in [-0.1, -0.05) is 0 Å². The third-order valence-corrected chi connectivity index (χ3v) is 3.34. The van der Waals surface area contributed by atoms with Crippen molar-refractivity contribution in [2.45, 2.75) is 13.0 Å². The van der Waals surface area contributed by atoms with Gasteiger partial charge in [-0.25, -0.2) is 4.39 Å². The van der Waals surface area contributed by atoms with Crippen molar-refractivity contribution in [2.24, 2.45) is 0 Å². The number of likely N-dealkylation sites (N-methyl/N-ethyl adjacent to an activating group) is 1. The van der Waals surface area contributed by atoms with E-state index >= 15 is 0 Å². The van der Waals surface area contributed by atoms with Crippen LogP contribution in [-0.4, -0.2) is 23.5 Å². The van der Waals surface area contributed by atoms with Gasteiger partial charge in [0.2, 0.25) is 0 Å². The number of hydrogen-bond donors (Lipinski definition) is 1. The van der Waals surface area contributed by atoms with Crippen molar-refractivity contribution in [3.05, 3.63) is 35.3 Å². The molecule has 1 aliphatic heterocycles. The molecule has 0 unspecified atom stereocenters. The Bertz CT molecular complexity index is 595. The second-order valence-corrected chi connectivity index (χ2v) is 4.60. The predicted octanol–water partition coefficient (Wildman–Crippen LogP) is 1.94. The fraction of sp³-hybridized carbons (Fsp3) is 0.308. The van der Waals surface area contributed by atoms with E-state index < -0.39 is 0 Å². The summed E-state index contributed by atoms with van der Waals surface area (Å²) in [7, 11) is 2.07. The Hall–Kier alpha value is -1.68. The molecule has 4 heteroatoms. The van der Waals surface area contributed by atoms with Gasteiger partial charge in [0.15, 0.2) is 0 Å². The number of nitrogens with two attached hydrogens (primary N) is 1. The molecule has 1 aliphatic rings. The molecule has 0 radical (unpaired) electrons. The number of aromatic nitrogens is 1. The number of rotatable bonds is 0. The SMILES string of the molecule is CN1CCc2nc3cc(F)ccc3c(N)c2C1. The molecule has 3 rings (SSSR count). The third-order valence-electron chi connectivity index (χ3n) is 3.34. The minimum atomic E-state index is -0.266. The van der Waals surface area contributed by atoms with E-state index in [1.165, 1.54) is 12.1 Å². The summed E-state index contributed by atoms with van der Waals surface area (Å²) in [5.41, 5.74) is 9.68. The number of hydrogen-bond acceptors (Lipinski definition) is 3. The van der Waals surface area contributed by atoms with Gasteiger partial charge in [0.25, 0.3) is 0 Å². The number of halogens is 1. The van der Waals surface area contributed by atoms with Gasteiger partial charge in [0.1, 0.15) is 5.82 Å². The first-order valence-corrected chi connectivity index (χ1v) is 5.70. The number of fused-ring (bicyclic) bond motifs is 2. The maximum atomic E-state index is 13.2. The lowest BCUT2D eigenvalue weighted by Gasteiger charge is -2.26. The molecule has 0 saturated carbocycles. The van der Waals surface area contributed by atoms with Crippen LogP contribution in [0.25, 0.3) is 10.9 Å². The van der Waals surface area contributed by atoms with Crippen molar-refractivity contribution in [3.63, 3.8) is 0 Å². The minimum Gasteiger partial charge on any atom is -0.398 e. The highest BCUT2D eigenvalue weighted by Gasteiger charge is 2.19. The molecule has 0 fully saturated rings. The first-order valence-electron chi connectivity index (χ1n) is 5.70. The Balaban J connectivity index is 2.28. The molecule has 0 atom stereocenters. The summed E-state index contributed by atoms with van der Waals surface area (Å²) in [6.07, 6.45) is 0.877. The molecule has 17 heavy (non-hydrogen) atoms. The van der Waals surface area contributed by atoms with E-state index in [1.54, 1.807) is 6.07 Å². The van der Waals surface area contributed by atoms with Gasteiger partial charge < -0.3 is 10.6 Å². The number of nitrogens with zero attached hydrogens (tertiary/aromatic N) is 2. The zero-order valence-corrected chi connectivity index (χ0v) is 9.70. The van der Waals surface area contributed by atoms with Crippen molar-refractivity contribution in [2.75, 3.05) is 19.3 Å². The van der Waals surface area contributed by atoms with Gasteiger partial charge >= 0.3 is 0 Å². The lowest BCUT2D eigenvalue weighted by atomic mass is 10.0. The van der Waals surface area contributed by atoms with Crippen LogP contribution in [0.4, 0.5) is 10.1 Å². The molecule has 3 nitrogen and oxygen atoms in total. The van der Waals surface area contributed by atoms with Gasteiger partial charge in [0.05, 0.1) is 5.52 Å². The van der Waals surface area contributed by atoms with E-state index in [0.717, 1.165) is 41.8 Å². The molecule has 88 valence electrons. The molecule has 2 heterocycles. The summed E-state index contributed by atoms with van der Waals surface area (Å²) in [4.78, 5) is 6.74. The van der Waals surface area contributed by atoms with Crippen LogP contribution < -0.4 is 5.73 Å². The van der Waals surface area contributed by atoms with Crippen molar-refractivity contribution in [1.29, 1.82) is 0 Å². The predicted molar refractivity (Wildman–Crippen MR) is 66.2 cm³/mol. The molecule has 0 spiro atoms. The normalized spacial score (nSPS) is 16.1. The fourth-order valence-electron chi connectivity index (χ4n) is 2.38. The van der Waals surface area contributed by atoms with Gasteiger partial charge in [0, 0.05) is 47.9 Å². The number of pyridine rings is 1. The summed E-state index contributed by atoms with van der Waals surface area (Å²) in [6, 6.07) is 4.59. The average Bonchev–Trinajstić information content (AvgIpc) is 2.30. The van der Waals surface area contributed by atoms with Crippen LogP contribution >= 0.6 is 0 Å². The summed E-state index contributed by atoms with van der Waals surface area (Å²) in [5, 5.41) is 0.848. The highest BCUT2D eigenvalue weighted by atomic mass is 19.1. The Morgan fingerprint density at radius 1 is 1.41 bits per heavy atom. The minimum absolute atomic E-state index is 0.266. The second kappa shape index (κ2) is 3.67. The van der Waals surface area contributed by atoms with Crippen molar-refractivity contribution >= 4 is 16.6 Å². The highest BCUT2D eigenvalue weighted by molar-refractivity contribution is 5.92. The van der Waals surface area contributed by atoms with Crippen LogP contribution in [0.3, 0.4) is 0 Å². The van der Waals surface area contributed by atoms with Crippen molar-refractivity contribution in [1.82, 2.24) is 9.88 Å². The largest absolute Gasteiger partial charge is 0.398 e. The van der Waals surface area contributed by atoms with Crippen LogP contribution in [-0.2, 0) is 13.0 Å². The fourth-order valence-corrected chi connectivity index (χ4v) is 2.38. The van der Waals surface area contributed by atoms with Gasteiger partial charge in [-0.2, -0.15) is 0 Å². The molecule has 0 saturated heterocycles. The molecule has 0 bridgehead atoms. The quantitative estimate of drug-likeness (QED) is 0.753. The van der Waals surface area contributed by atoms with Crippen LogP contribution in [0, 0.1) is 5.82 Å².